The molecule has 0 radical (unpaired) electrons. The number of nitrogens with zero attached hydrogens (tertiary/aromatic N) is 1. The highest BCUT2D eigenvalue weighted by Crippen LogP contribution is 2.17. The van der Waals surface area contributed by atoms with Crippen molar-refractivity contribution in [3.8, 4) is 0 Å². The van der Waals surface area contributed by atoms with E-state index in [1.165, 1.54) is 7.11 Å². The van der Waals surface area contributed by atoms with Gasteiger partial charge in [-0.05, 0) is 28.9 Å². The first-order valence-electron chi connectivity index (χ1n) is 8.07. The molecule has 0 aliphatic rings. The molecular weight excluding hydrogens is 354 g/mol. The van der Waals surface area contributed by atoms with Crippen LogP contribution in [-0.4, -0.2) is 45.5 Å². The number of hydrogen-bond donors (Lipinski definition) is 1. The second-order valence-electron chi connectivity index (χ2n) is 5.59. The molecular formula is C19H21NO5S. The van der Waals surface area contributed by atoms with Gasteiger partial charge in [-0.3, -0.25) is 4.90 Å². The third kappa shape index (κ3) is 5.50. The summed E-state index contributed by atoms with van der Waals surface area (Å²) in [6, 6.07) is 16.8. The Balaban J connectivity index is 2.13. The van der Waals surface area contributed by atoms with E-state index < -0.39 is 29.3 Å². The smallest absolute Gasteiger partial charge is 0.408 e. The third-order valence-electron chi connectivity index (χ3n) is 3.87. The highest BCUT2D eigenvalue weighted by molar-refractivity contribution is 7.91. The van der Waals surface area contributed by atoms with Crippen molar-refractivity contribution in [1.82, 2.24) is 4.90 Å². The summed E-state index contributed by atoms with van der Waals surface area (Å²) in [5.74, 6) is -0.504. The average Bonchev–Trinajstić information content (AvgIpc) is 2.68. The Bertz CT molecular complexity index is 710. The second kappa shape index (κ2) is 9.84. The number of esters is 1. The minimum absolute atomic E-state index is 0.0495. The topological polar surface area (TPSA) is 89.9 Å². The van der Waals surface area contributed by atoms with Crippen LogP contribution < -0.4 is 0 Å². The van der Waals surface area contributed by atoms with Crippen LogP contribution >= 0.6 is 0 Å². The highest BCUT2D eigenvalue weighted by atomic mass is 32.2. The molecule has 0 aliphatic carbocycles. The summed E-state index contributed by atoms with van der Waals surface area (Å²) in [4.78, 5) is 25.6. The Morgan fingerprint density at radius 1 is 1.12 bits per heavy atom. The van der Waals surface area contributed by atoms with E-state index in [0.29, 0.717) is 4.90 Å². The molecule has 2 atom stereocenters. The van der Waals surface area contributed by atoms with E-state index in [4.69, 9.17) is 4.74 Å². The zero-order valence-corrected chi connectivity index (χ0v) is 15.2. The molecule has 0 aromatic heterocycles. The van der Waals surface area contributed by atoms with Crippen LogP contribution in [0.25, 0.3) is 0 Å². The molecule has 2 aromatic rings. The molecule has 0 saturated carbocycles. The molecule has 0 saturated heterocycles. The van der Waals surface area contributed by atoms with Gasteiger partial charge in [-0.2, -0.15) is 0 Å². The fourth-order valence-electron chi connectivity index (χ4n) is 2.54. The van der Waals surface area contributed by atoms with Gasteiger partial charge in [0.15, 0.2) is 4.90 Å². The van der Waals surface area contributed by atoms with Gasteiger partial charge in [0.1, 0.15) is 11.8 Å². The van der Waals surface area contributed by atoms with Gasteiger partial charge in [-0.1, -0.05) is 48.5 Å². The molecule has 0 spiro atoms. The number of carboxylic acid groups (broad SMARTS) is 1. The van der Waals surface area contributed by atoms with Crippen molar-refractivity contribution >= 4 is 23.2 Å². The van der Waals surface area contributed by atoms with Crippen LogP contribution in [0.4, 0.5) is 4.79 Å². The van der Waals surface area contributed by atoms with Gasteiger partial charge in [0.25, 0.3) is 0 Å². The number of amides is 1. The number of ether oxygens (including phenoxy) is 1. The molecule has 1 amide bonds. The minimum Gasteiger partial charge on any atom is -0.611 e. The molecule has 0 fully saturated rings. The zero-order valence-electron chi connectivity index (χ0n) is 14.4. The Kier molecular flexibility index (Phi) is 7.50. The van der Waals surface area contributed by atoms with Crippen LogP contribution in [-0.2, 0) is 27.3 Å². The zero-order chi connectivity index (χ0) is 18.9. The van der Waals surface area contributed by atoms with Gasteiger partial charge >= 0.3 is 12.1 Å². The largest absolute Gasteiger partial charge is 0.611 e. The normalized spacial score (nSPS) is 12.8. The molecule has 26 heavy (non-hydrogen) atoms. The molecule has 2 rings (SSSR count). The monoisotopic (exact) mass is 375 g/mol. The molecule has 1 N–H and O–H groups in total. The molecule has 6 nitrogen and oxygen atoms in total. The number of rotatable bonds is 8. The number of benzene rings is 2. The summed E-state index contributed by atoms with van der Waals surface area (Å²) in [7, 11) is 1.21. The SMILES string of the molecule is COC(=O)[C@H](CC[S+]([O-])c1ccccc1)N(Cc1ccccc1)C(=O)O. The summed E-state index contributed by atoms with van der Waals surface area (Å²) in [6.07, 6.45) is -1.12. The van der Waals surface area contributed by atoms with Crippen molar-refractivity contribution in [2.45, 2.75) is 23.9 Å². The summed E-state index contributed by atoms with van der Waals surface area (Å²) in [5.41, 5.74) is 0.757. The quantitative estimate of drug-likeness (QED) is 0.566. The molecule has 2 aromatic carbocycles. The number of carbonyl (C=O) groups excluding carboxylic acids is 1. The van der Waals surface area contributed by atoms with Crippen LogP contribution in [0.2, 0.25) is 0 Å². The first-order chi connectivity index (χ1) is 12.5. The standard InChI is InChI=1S/C19H21NO5S/c1-25-18(21)17(12-13-26(24)16-10-6-3-7-11-16)20(19(22)23)14-15-8-4-2-5-9-15/h2-11,17H,12-14H2,1H3,(H,22,23)/t17-,26?/m0/s1. The Morgan fingerprint density at radius 3 is 2.23 bits per heavy atom. The van der Waals surface area contributed by atoms with Crippen LogP contribution in [0.3, 0.4) is 0 Å². The predicted octanol–water partition coefficient (Wildman–Crippen LogP) is 2.91. The minimum atomic E-state index is -1.33. The van der Waals surface area contributed by atoms with Crippen molar-refractivity contribution in [2.75, 3.05) is 12.9 Å². The highest BCUT2D eigenvalue weighted by Gasteiger charge is 2.32. The van der Waals surface area contributed by atoms with Gasteiger partial charge in [0.2, 0.25) is 0 Å². The number of hydrogen-bond acceptors (Lipinski definition) is 4. The van der Waals surface area contributed by atoms with E-state index in [9.17, 15) is 19.2 Å². The van der Waals surface area contributed by atoms with Crippen molar-refractivity contribution in [2.24, 2.45) is 0 Å². The Hall–Kier alpha value is -2.51. The molecule has 0 bridgehead atoms. The van der Waals surface area contributed by atoms with Gasteiger partial charge in [-0.15, -0.1) is 0 Å². The Labute approximate surface area is 155 Å². The van der Waals surface area contributed by atoms with Crippen LogP contribution in [0, 0.1) is 0 Å². The van der Waals surface area contributed by atoms with Crippen LogP contribution in [0.15, 0.2) is 65.6 Å². The number of carbonyl (C=O) groups is 2. The van der Waals surface area contributed by atoms with E-state index in [0.717, 1.165) is 10.5 Å². The number of methoxy groups -OCH3 is 1. The van der Waals surface area contributed by atoms with E-state index in [1.807, 2.05) is 12.1 Å². The summed E-state index contributed by atoms with van der Waals surface area (Å²) in [6.45, 7) is 0.0495. The lowest BCUT2D eigenvalue weighted by Gasteiger charge is -2.27. The van der Waals surface area contributed by atoms with Gasteiger partial charge in [0, 0.05) is 13.0 Å². The molecule has 0 aliphatic heterocycles. The summed E-state index contributed by atoms with van der Waals surface area (Å²) < 4.78 is 17.2. The molecule has 7 heteroatoms. The van der Waals surface area contributed by atoms with Gasteiger partial charge < -0.3 is 14.4 Å². The van der Waals surface area contributed by atoms with Crippen LogP contribution in [0.5, 0.6) is 0 Å². The fourth-order valence-corrected chi connectivity index (χ4v) is 3.67. The van der Waals surface area contributed by atoms with Crippen LogP contribution in [0.1, 0.15) is 12.0 Å². The van der Waals surface area contributed by atoms with Crippen molar-refractivity contribution in [3.05, 3.63) is 66.2 Å². The maximum Gasteiger partial charge on any atom is 0.408 e. The lowest BCUT2D eigenvalue weighted by molar-refractivity contribution is -0.146. The maximum absolute atomic E-state index is 12.4. The molecule has 0 heterocycles. The first-order valence-corrected chi connectivity index (χ1v) is 9.39. The van der Waals surface area contributed by atoms with Gasteiger partial charge in [0.05, 0.1) is 7.11 Å². The fraction of sp³-hybridized carbons (Fsp3) is 0.263. The Morgan fingerprint density at radius 2 is 1.69 bits per heavy atom. The van der Waals surface area contributed by atoms with E-state index in [-0.39, 0.29) is 18.7 Å². The van der Waals surface area contributed by atoms with Gasteiger partial charge in [-0.25, -0.2) is 9.59 Å². The van der Waals surface area contributed by atoms with Crippen molar-refractivity contribution in [1.29, 1.82) is 0 Å². The van der Waals surface area contributed by atoms with Crippen molar-refractivity contribution in [3.63, 3.8) is 0 Å². The summed E-state index contributed by atoms with van der Waals surface area (Å²) >= 11 is -1.33. The molecule has 138 valence electrons. The molecule has 1 unspecified atom stereocenters. The van der Waals surface area contributed by atoms with E-state index in [1.54, 1.807) is 48.5 Å². The lowest BCUT2D eigenvalue weighted by Crippen LogP contribution is -2.45. The third-order valence-corrected chi connectivity index (χ3v) is 5.28. The maximum atomic E-state index is 12.4. The summed E-state index contributed by atoms with van der Waals surface area (Å²) in [5, 5.41) is 9.57. The lowest BCUT2D eigenvalue weighted by atomic mass is 10.1. The first kappa shape index (κ1) is 19.8. The van der Waals surface area contributed by atoms with Crippen molar-refractivity contribution < 1.29 is 24.0 Å². The van der Waals surface area contributed by atoms with E-state index in [2.05, 4.69) is 0 Å². The second-order valence-corrected chi connectivity index (χ2v) is 7.16. The predicted molar refractivity (Wildman–Crippen MR) is 98.1 cm³/mol. The average molecular weight is 375 g/mol. The van der Waals surface area contributed by atoms with E-state index >= 15 is 0 Å².